The molecule has 2 aliphatic heterocycles. The quantitative estimate of drug-likeness (QED) is 0.658. The van der Waals surface area contributed by atoms with Gasteiger partial charge in [-0.15, -0.1) is 0 Å². The van der Waals surface area contributed by atoms with Crippen molar-refractivity contribution in [3.63, 3.8) is 0 Å². The third-order valence-corrected chi connectivity index (χ3v) is 10.9. The van der Waals surface area contributed by atoms with E-state index in [-0.39, 0.29) is 23.8 Å². The summed E-state index contributed by atoms with van der Waals surface area (Å²) in [6.07, 6.45) is 13.8. The Morgan fingerprint density at radius 3 is 2.69 bits per heavy atom. The van der Waals surface area contributed by atoms with E-state index >= 15 is 0 Å². The van der Waals surface area contributed by atoms with Crippen LogP contribution in [-0.2, 0) is 9.53 Å². The fourth-order valence-electron chi connectivity index (χ4n) is 9.30. The molecule has 2 bridgehead atoms. The summed E-state index contributed by atoms with van der Waals surface area (Å²) in [5.41, 5.74) is -0.579. The van der Waals surface area contributed by atoms with Gasteiger partial charge in [0.25, 0.3) is 0 Å². The molecule has 7 aliphatic rings. The van der Waals surface area contributed by atoms with Crippen LogP contribution in [0, 0.1) is 29.1 Å². The normalized spacial score (nSPS) is 52.3. The number of piperidine rings is 1. The van der Waals surface area contributed by atoms with Crippen LogP contribution >= 0.6 is 0 Å². The van der Waals surface area contributed by atoms with Crippen molar-refractivity contribution in [3.05, 3.63) is 11.6 Å². The van der Waals surface area contributed by atoms with Gasteiger partial charge in [-0.1, -0.05) is 25.3 Å². The molecule has 2 saturated heterocycles. The van der Waals surface area contributed by atoms with Gasteiger partial charge in [0.1, 0.15) is 6.10 Å². The third-order valence-electron chi connectivity index (χ3n) is 10.9. The number of carbonyl (C=O) groups excluding carboxylic acids is 1. The van der Waals surface area contributed by atoms with Gasteiger partial charge in [-0.05, 0) is 81.2 Å². The van der Waals surface area contributed by atoms with Crippen LogP contribution in [0.5, 0.6) is 0 Å². The van der Waals surface area contributed by atoms with Crippen molar-refractivity contribution in [2.24, 2.45) is 29.1 Å². The van der Waals surface area contributed by atoms with Crippen molar-refractivity contribution < 1.29 is 19.7 Å². The Labute approximate surface area is 191 Å². The molecule has 7 fully saturated rings. The predicted molar refractivity (Wildman–Crippen MR) is 120 cm³/mol. The minimum Gasteiger partial charge on any atom is -0.390 e. The minimum atomic E-state index is -0.911. The van der Waals surface area contributed by atoms with Crippen molar-refractivity contribution in [3.8, 4) is 0 Å². The zero-order valence-electron chi connectivity index (χ0n) is 19.3. The van der Waals surface area contributed by atoms with E-state index in [0.717, 1.165) is 63.1 Å². The van der Waals surface area contributed by atoms with Crippen LogP contribution in [0.25, 0.3) is 0 Å². The summed E-state index contributed by atoms with van der Waals surface area (Å²) in [5, 5.41) is 23.6. The molecule has 8 atom stereocenters. The molecule has 2 N–H and O–H groups in total. The van der Waals surface area contributed by atoms with E-state index in [2.05, 4.69) is 11.0 Å². The van der Waals surface area contributed by atoms with Gasteiger partial charge in [-0.3, -0.25) is 9.69 Å². The molecule has 32 heavy (non-hydrogen) atoms. The number of ketones is 1. The van der Waals surface area contributed by atoms with Crippen LogP contribution in [-0.4, -0.2) is 63.9 Å². The van der Waals surface area contributed by atoms with Gasteiger partial charge in [-0.25, -0.2) is 0 Å². The molecule has 0 aromatic rings. The first-order chi connectivity index (χ1) is 15.5. The van der Waals surface area contributed by atoms with Crippen molar-refractivity contribution in [2.75, 3.05) is 13.1 Å². The molecule has 2 heterocycles. The molecule has 7 unspecified atom stereocenters. The summed E-state index contributed by atoms with van der Waals surface area (Å²) in [5.74, 6) is 1.98. The molecule has 0 aromatic carbocycles. The van der Waals surface area contributed by atoms with E-state index in [1.54, 1.807) is 0 Å². The van der Waals surface area contributed by atoms with Gasteiger partial charge >= 0.3 is 0 Å². The number of rotatable bonds is 3. The first-order valence-electron chi connectivity index (χ1n) is 13.6. The number of aliphatic hydroxyl groups excluding tert-OH is 1. The molecule has 5 heteroatoms. The van der Waals surface area contributed by atoms with Gasteiger partial charge in [0.05, 0.1) is 17.8 Å². The van der Waals surface area contributed by atoms with Crippen LogP contribution in [0.2, 0.25) is 0 Å². The maximum Gasteiger partial charge on any atom is 0.188 e. The Morgan fingerprint density at radius 2 is 1.91 bits per heavy atom. The van der Waals surface area contributed by atoms with Gasteiger partial charge in [0.2, 0.25) is 0 Å². The van der Waals surface area contributed by atoms with Crippen molar-refractivity contribution >= 4 is 5.78 Å². The fourth-order valence-corrected chi connectivity index (χ4v) is 9.30. The molecule has 0 amide bonds. The highest BCUT2D eigenvalue weighted by Crippen LogP contribution is 2.69. The second-order valence-corrected chi connectivity index (χ2v) is 12.4. The van der Waals surface area contributed by atoms with Gasteiger partial charge in [-0.2, -0.15) is 0 Å². The van der Waals surface area contributed by atoms with Crippen molar-refractivity contribution in [2.45, 2.75) is 107 Å². The lowest BCUT2D eigenvalue weighted by atomic mass is 9.42. The van der Waals surface area contributed by atoms with Crippen molar-refractivity contribution in [1.29, 1.82) is 0 Å². The maximum atomic E-state index is 13.9. The number of carbonyl (C=O) groups is 1. The summed E-state index contributed by atoms with van der Waals surface area (Å²) in [6.45, 7) is 2.07. The zero-order valence-corrected chi connectivity index (χ0v) is 19.3. The molecule has 176 valence electrons. The lowest BCUT2D eigenvalue weighted by Crippen LogP contribution is -2.77. The Hall–Kier alpha value is -0.750. The Balaban J connectivity index is 1.32. The molecular weight excluding hydrogens is 402 g/mol. The molecule has 1 spiro atoms. The predicted octanol–water partition coefficient (Wildman–Crippen LogP) is 3.23. The maximum absolute atomic E-state index is 13.9. The second-order valence-electron chi connectivity index (χ2n) is 12.4. The number of Topliss-reactive ketones (excluding diaryl/α,β-unsaturated/α-hetero) is 1. The highest BCUT2D eigenvalue weighted by molar-refractivity contribution is 6.01. The molecule has 0 aromatic heterocycles. The number of hydrogen-bond donors (Lipinski definition) is 2. The molecule has 5 saturated carbocycles. The fraction of sp³-hybridized carbons (Fsp3) is 0.889. The van der Waals surface area contributed by atoms with Gasteiger partial charge in [0.15, 0.2) is 5.78 Å². The SMILES string of the molecule is O=C1/C(=C/C2CCCCC2)CC2(O)C3CC4CCC(O)C5O[C@@H]1C2(CCN3CC1CC1)C45. The molecule has 5 aliphatic carbocycles. The smallest absolute Gasteiger partial charge is 0.188 e. The van der Waals surface area contributed by atoms with Crippen LogP contribution in [0.3, 0.4) is 0 Å². The highest BCUT2D eigenvalue weighted by Gasteiger charge is 2.78. The number of nitrogens with zero attached hydrogens (tertiary/aromatic N) is 1. The van der Waals surface area contributed by atoms with E-state index < -0.39 is 23.2 Å². The third kappa shape index (κ3) is 2.68. The molecule has 5 nitrogen and oxygen atoms in total. The number of aliphatic hydroxyl groups is 2. The van der Waals surface area contributed by atoms with Crippen LogP contribution < -0.4 is 0 Å². The Kier molecular flexibility index (Phi) is 4.59. The zero-order chi connectivity index (χ0) is 21.7. The number of allylic oxidation sites excluding steroid dienone is 1. The summed E-state index contributed by atoms with van der Waals surface area (Å²) >= 11 is 0. The lowest BCUT2D eigenvalue weighted by molar-refractivity contribution is -0.245. The van der Waals surface area contributed by atoms with Crippen LogP contribution in [0.1, 0.15) is 77.0 Å². The van der Waals surface area contributed by atoms with E-state index in [1.807, 2.05) is 0 Å². The van der Waals surface area contributed by atoms with E-state index in [4.69, 9.17) is 4.74 Å². The number of likely N-dealkylation sites (tertiary alicyclic amines) is 1. The number of hydrogen-bond acceptors (Lipinski definition) is 5. The van der Waals surface area contributed by atoms with E-state index in [1.165, 1.54) is 32.1 Å². The number of ether oxygens (including phenoxy) is 1. The minimum absolute atomic E-state index is 0.126. The van der Waals surface area contributed by atoms with Crippen LogP contribution in [0.4, 0.5) is 0 Å². The van der Waals surface area contributed by atoms with Gasteiger partial charge < -0.3 is 14.9 Å². The molecule has 0 radical (unpaired) electrons. The first kappa shape index (κ1) is 20.6. The van der Waals surface area contributed by atoms with E-state index in [9.17, 15) is 15.0 Å². The molecule has 7 rings (SSSR count). The van der Waals surface area contributed by atoms with E-state index in [0.29, 0.717) is 18.3 Å². The summed E-state index contributed by atoms with van der Waals surface area (Å²) in [7, 11) is 0. The first-order valence-corrected chi connectivity index (χ1v) is 13.6. The monoisotopic (exact) mass is 441 g/mol. The average Bonchev–Trinajstić information content (AvgIpc) is 3.52. The van der Waals surface area contributed by atoms with Crippen molar-refractivity contribution in [1.82, 2.24) is 4.90 Å². The topological polar surface area (TPSA) is 70.0 Å². The molecular formula is C27H39NO4. The Bertz CT molecular complexity index is 832. The Morgan fingerprint density at radius 1 is 1.09 bits per heavy atom. The second kappa shape index (κ2) is 7.13. The summed E-state index contributed by atoms with van der Waals surface area (Å²) < 4.78 is 6.55. The highest BCUT2D eigenvalue weighted by atomic mass is 16.5. The largest absolute Gasteiger partial charge is 0.390 e. The summed E-state index contributed by atoms with van der Waals surface area (Å²) in [6, 6.07) is 0.126. The van der Waals surface area contributed by atoms with Crippen LogP contribution in [0.15, 0.2) is 11.6 Å². The summed E-state index contributed by atoms with van der Waals surface area (Å²) in [4.78, 5) is 16.5. The standard InChI is InChI=1S/C27H39NO4/c29-20-9-8-18-13-21-27(31)14-19(12-16-4-2-1-3-5-16)23(30)25-26(27,22(18)24(20)32-25)10-11-28(21)15-17-6-7-17/h12,16-18,20-22,24-25,29,31H,1-11,13-15H2/b19-12+/t18?,20?,21?,22?,24?,25-,26?,27?/m0/s1. The lowest BCUT2D eigenvalue weighted by Gasteiger charge is -2.67. The average molecular weight is 442 g/mol. The van der Waals surface area contributed by atoms with Gasteiger partial charge in [0, 0.05) is 30.3 Å².